The second kappa shape index (κ2) is 8.05. The van der Waals surface area contributed by atoms with Gasteiger partial charge in [-0.05, 0) is 25.1 Å². The van der Waals surface area contributed by atoms with Crippen molar-refractivity contribution in [3.05, 3.63) is 28.2 Å². The van der Waals surface area contributed by atoms with Crippen LogP contribution in [-0.4, -0.2) is 49.2 Å². The van der Waals surface area contributed by atoms with Gasteiger partial charge in [0.15, 0.2) is 0 Å². The zero-order chi connectivity index (χ0) is 18.6. The zero-order valence-electron chi connectivity index (χ0n) is 13.3. The summed E-state index contributed by atoms with van der Waals surface area (Å²) in [6, 6.07) is 1.77. The molecule has 0 unspecified atom stereocenters. The molecule has 0 bridgehead atoms. The largest absolute Gasteiger partial charge is 0.417 e. The van der Waals surface area contributed by atoms with E-state index in [0.29, 0.717) is 26.3 Å². The van der Waals surface area contributed by atoms with Crippen molar-refractivity contribution in [3.63, 3.8) is 0 Å². The molecule has 1 aromatic rings. The molecule has 1 aliphatic rings. The monoisotopic (exact) mass is 423 g/mol. The lowest BCUT2D eigenvalue weighted by molar-refractivity contribution is -0.138. The summed E-state index contributed by atoms with van der Waals surface area (Å²) in [6.45, 7) is 3.26. The minimum Gasteiger partial charge on any atom is -0.378 e. The van der Waals surface area contributed by atoms with Crippen molar-refractivity contribution in [1.82, 2.24) is 10.2 Å². The van der Waals surface area contributed by atoms with Crippen molar-refractivity contribution >= 4 is 33.6 Å². The van der Waals surface area contributed by atoms with Crippen molar-refractivity contribution in [3.8, 4) is 0 Å². The number of ether oxygens (including phenoxy) is 1. The molecule has 138 valence electrons. The molecule has 2 rings (SSSR count). The molecule has 10 heteroatoms. The van der Waals surface area contributed by atoms with E-state index in [2.05, 4.69) is 26.6 Å². The third-order valence-electron chi connectivity index (χ3n) is 3.57. The highest BCUT2D eigenvalue weighted by molar-refractivity contribution is 9.10. The first kappa shape index (κ1) is 19.5. The quantitative estimate of drug-likeness (QED) is 0.784. The lowest BCUT2D eigenvalue weighted by Gasteiger charge is -2.29. The smallest absolute Gasteiger partial charge is 0.378 e. The number of alkyl halides is 3. The summed E-state index contributed by atoms with van der Waals surface area (Å²) in [7, 11) is 0. The van der Waals surface area contributed by atoms with Crippen LogP contribution in [0.2, 0.25) is 0 Å². The third-order valence-corrected chi connectivity index (χ3v) is 4.26. The predicted octanol–water partition coefficient (Wildman–Crippen LogP) is 2.84. The molecule has 25 heavy (non-hydrogen) atoms. The first-order valence-electron chi connectivity index (χ1n) is 7.49. The van der Waals surface area contributed by atoms with E-state index in [1.54, 1.807) is 4.90 Å². The van der Waals surface area contributed by atoms with Gasteiger partial charge < -0.3 is 20.3 Å². The molecule has 1 saturated heterocycles. The number of nitrogens with one attached hydrogen (secondary N) is 2. The van der Waals surface area contributed by atoms with Crippen molar-refractivity contribution in [2.24, 2.45) is 0 Å². The van der Waals surface area contributed by atoms with Crippen molar-refractivity contribution in [2.45, 2.75) is 19.1 Å². The summed E-state index contributed by atoms with van der Waals surface area (Å²) in [5, 5.41) is 4.73. The summed E-state index contributed by atoms with van der Waals surface area (Å²) >= 11 is 2.83. The Morgan fingerprint density at radius 3 is 2.52 bits per heavy atom. The molecular weight excluding hydrogens is 407 g/mol. The number of amides is 3. The number of carbonyl (C=O) groups excluding carboxylic acids is 2. The Labute approximate surface area is 150 Å². The van der Waals surface area contributed by atoms with E-state index in [4.69, 9.17) is 4.74 Å². The van der Waals surface area contributed by atoms with E-state index in [-0.39, 0.29) is 16.1 Å². The minimum absolute atomic E-state index is 0.0287. The first-order chi connectivity index (χ1) is 11.7. The van der Waals surface area contributed by atoms with E-state index < -0.39 is 23.8 Å². The fourth-order valence-electron chi connectivity index (χ4n) is 2.30. The summed E-state index contributed by atoms with van der Waals surface area (Å²) in [5.74, 6) is -0.273. The first-order valence-corrected chi connectivity index (χ1v) is 8.28. The van der Waals surface area contributed by atoms with Gasteiger partial charge in [0.2, 0.25) is 5.91 Å². The van der Waals surface area contributed by atoms with Crippen LogP contribution in [0, 0.1) is 0 Å². The van der Waals surface area contributed by atoms with Crippen molar-refractivity contribution < 1.29 is 27.5 Å². The van der Waals surface area contributed by atoms with Gasteiger partial charge in [0.1, 0.15) is 6.04 Å². The zero-order valence-corrected chi connectivity index (χ0v) is 14.9. The van der Waals surface area contributed by atoms with E-state index in [1.165, 1.54) is 19.1 Å². The Morgan fingerprint density at radius 1 is 1.28 bits per heavy atom. The van der Waals surface area contributed by atoms with Gasteiger partial charge in [0.05, 0.1) is 18.8 Å². The average Bonchev–Trinajstić information content (AvgIpc) is 2.55. The van der Waals surface area contributed by atoms with Crippen LogP contribution in [0.3, 0.4) is 0 Å². The van der Waals surface area contributed by atoms with E-state index >= 15 is 0 Å². The maximum atomic E-state index is 12.9. The second-order valence-electron chi connectivity index (χ2n) is 5.45. The van der Waals surface area contributed by atoms with Crippen LogP contribution in [0.4, 0.5) is 23.7 Å². The van der Waals surface area contributed by atoms with E-state index in [0.717, 1.165) is 6.07 Å². The number of halogens is 4. The highest BCUT2D eigenvalue weighted by Crippen LogP contribution is 2.36. The fraction of sp³-hybridized carbons (Fsp3) is 0.467. The fourth-order valence-corrected chi connectivity index (χ4v) is 2.77. The average molecular weight is 424 g/mol. The van der Waals surface area contributed by atoms with Crippen molar-refractivity contribution in [1.29, 1.82) is 0 Å². The predicted molar refractivity (Wildman–Crippen MR) is 88.2 cm³/mol. The van der Waals surface area contributed by atoms with E-state index in [1.807, 2.05) is 0 Å². The molecule has 0 saturated carbocycles. The van der Waals surface area contributed by atoms with Gasteiger partial charge in [0, 0.05) is 23.2 Å². The number of benzene rings is 1. The van der Waals surface area contributed by atoms with Gasteiger partial charge in [0.25, 0.3) is 0 Å². The van der Waals surface area contributed by atoms with Gasteiger partial charge in [-0.25, -0.2) is 4.79 Å². The molecule has 3 amide bonds. The number of urea groups is 1. The molecule has 0 aromatic heterocycles. The molecule has 1 fully saturated rings. The van der Waals surface area contributed by atoms with E-state index in [9.17, 15) is 22.8 Å². The Bertz CT molecular complexity index is 649. The summed E-state index contributed by atoms with van der Waals surface area (Å²) < 4.78 is 43.6. The normalized spacial score (nSPS) is 16.3. The SMILES string of the molecule is C[C@H](NC(=O)Nc1ccc(Br)c(C(F)(F)F)c1)C(=O)N1CCOCC1. The lowest BCUT2D eigenvalue weighted by atomic mass is 10.2. The highest BCUT2D eigenvalue weighted by Gasteiger charge is 2.33. The highest BCUT2D eigenvalue weighted by atomic mass is 79.9. The van der Waals surface area contributed by atoms with Crippen LogP contribution >= 0.6 is 15.9 Å². The van der Waals surface area contributed by atoms with Crippen LogP contribution < -0.4 is 10.6 Å². The van der Waals surface area contributed by atoms with Gasteiger partial charge in [-0.3, -0.25) is 4.79 Å². The third kappa shape index (κ3) is 5.33. The Hall–Kier alpha value is -1.81. The molecule has 2 N–H and O–H groups in total. The second-order valence-corrected chi connectivity index (χ2v) is 6.30. The summed E-state index contributed by atoms with van der Waals surface area (Å²) in [5.41, 5.74) is -0.929. The Morgan fingerprint density at radius 2 is 1.92 bits per heavy atom. The molecule has 0 radical (unpaired) electrons. The molecule has 0 aliphatic carbocycles. The van der Waals surface area contributed by atoms with Crippen LogP contribution in [-0.2, 0) is 15.7 Å². The summed E-state index contributed by atoms with van der Waals surface area (Å²) in [6.07, 6.45) is -4.55. The number of morpholine rings is 1. The topological polar surface area (TPSA) is 70.7 Å². The van der Waals surface area contributed by atoms with Crippen LogP contribution in [0.1, 0.15) is 12.5 Å². The maximum absolute atomic E-state index is 12.9. The van der Waals surface area contributed by atoms with Crippen molar-refractivity contribution in [2.75, 3.05) is 31.6 Å². The van der Waals surface area contributed by atoms with Crippen LogP contribution in [0.25, 0.3) is 0 Å². The van der Waals surface area contributed by atoms with Gasteiger partial charge >= 0.3 is 12.2 Å². The maximum Gasteiger partial charge on any atom is 0.417 e. The number of anilines is 1. The summed E-state index contributed by atoms with van der Waals surface area (Å²) in [4.78, 5) is 25.7. The molecule has 6 nitrogen and oxygen atoms in total. The number of hydrogen-bond acceptors (Lipinski definition) is 3. The lowest BCUT2D eigenvalue weighted by Crippen LogP contribution is -2.51. The standard InChI is InChI=1S/C15H17BrF3N3O3/c1-9(13(23)22-4-6-25-7-5-22)20-14(24)21-10-2-3-12(16)11(8-10)15(17,18)19/h2-3,8-9H,4-7H2,1H3,(H2,20,21,24)/t9-/m0/s1. The molecular formula is C15H17BrF3N3O3. The van der Waals surface area contributed by atoms with Crippen LogP contribution in [0.5, 0.6) is 0 Å². The minimum atomic E-state index is -4.55. The molecule has 1 atom stereocenters. The number of carbonyl (C=O) groups is 2. The molecule has 1 aromatic carbocycles. The Balaban J connectivity index is 1.96. The molecule has 0 spiro atoms. The number of nitrogens with zero attached hydrogens (tertiary/aromatic N) is 1. The molecule has 1 heterocycles. The molecule has 1 aliphatic heterocycles. The van der Waals surface area contributed by atoms with Crippen LogP contribution in [0.15, 0.2) is 22.7 Å². The number of hydrogen-bond donors (Lipinski definition) is 2. The van der Waals surface area contributed by atoms with Gasteiger partial charge in [-0.15, -0.1) is 0 Å². The van der Waals surface area contributed by atoms with Gasteiger partial charge in [-0.2, -0.15) is 13.2 Å². The number of rotatable bonds is 3. The Kier molecular flexibility index (Phi) is 6.28. The van der Waals surface area contributed by atoms with Gasteiger partial charge in [-0.1, -0.05) is 15.9 Å².